The second-order valence-corrected chi connectivity index (χ2v) is 12.6. The fourth-order valence-electron chi connectivity index (χ4n) is 5.48. The third-order valence-corrected chi connectivity index (χ3v) is 9.60. The first-order valence-electron chi connectivity index (χ1n) is 13.4. The molecule has 0 amide bonds. The summed E-state index contributed by atoms with van der Waals surface area (Å²) in [6, 6.07) is 31.6. The van der Waals surface area contributed by atoms with E-state index in [2.05, 4.69) is 46.3 Å². The molecule has 3 aromatic carbocycles. The van der Waals surface area contributed by atoms with E-state index in [0.717, 1.165) is 21.0 Å². The zero-order chi connectivity index (χ0) is 29.0. The summed E-state index contributed by atoms with van der Waals surface area (Å²) in [6.07, 6.45) is 0.774. The van der Waals surface area contributed by atoms with Gasteiger partial charge in [-0.15, -0.1) is 0 Å². The van der Waals surface area contributed by atoms with Gasteiger partial charge in [-0.05, 0) is 36.9 Å². The van der Waals surface area contributed by atoms with Crippen LogP contribution in [-0.4, -0.2) is 72.6 Å². The van der Waals surface area contributed by atoms with Gasteiger partial charge in [-0.1, -0.05) is 91.0 Å². The Hall–Kier alpha value is -3.53. The molecule has 11 heteroatoms. The highest BCUT2D eigenvalue weighted by molar-refractivity contribution is 7.54. The predicted molar refractivity (Wildman–Crippen MR) is 161 cm³/mol. The number of nitrogens with two attached hydrogens (primary N) is 1. The van der Waals surface area contributed by atoms with Crippen molar-refractivity contribution >= 4 is 21.3 Å². The summed E-state index contributed by atoms with van der Waals surface area (Å²) in [5.41, 5.74) is 7.40. The summed E-state index contributed by atoms with van der Waals surface area (Å²) in [6.45, 7) is 0.765. The van der Waals surface area contributed by atoms with E-state index in [1.165, 1.54) is 16.9 Å². The normalized spacial score (nSPS) is 19.6. The van der Waals surface area contributed by atoms with E-state index in [4.69, 9.17) is 22.8 Å². The third-order valence-electron chi connectivity index (χ3n) is 7.25. The molecule has 1 aliphatic heterocycles. The number of hydrogen-bond donors (Lipinski definition) is 1. The van der Waals surface area contributed by atoms with Crippen molar-refractivity contribution in [3.8, 4) is 0 Å². The van der Waals surface area contributed by atoms with Crippen LogP contribution < -0.4 is 11.4 Å². The van der Waals surface area contributed by atoms with Gasteiger partial charge in [0.15, 0.2) is 0 Å². The number of rotatable bonds is 9. The maximum atomic E-state index is 14.0. The summed E-state index contributed by atoms with van der Waals surface area (Å²) in [4.78, 5) is 18.6. The maximum Gasteiger partial charge on any atom is 0.378 e. The minimum atomic E-state index is -3.84. The molecule has 0 bridgehead atoms. The first kappa shape index (κ1) is 29.0. The average molecular weight is 569 g/mol. The van der Waals surface area contributed by atoms with Crippen LogP contribution >= 0.6 is 7.67 Å². The molecule has 3 unspecified atom stereocenters. The summed E-state index contributed by atoms with van der Waals surface area (Å²) in [5.74, 6) is 0.0351. The number of aromatic nitrogens is 2. The van der Waals surface area contributed by atoms with E-state index in [-0.39, 0.29) is 12.4 Å². The van der Waals surface area contributed by atoms with Crippen molar-refractivity contribution in [3.05, 3.63) is 130 Å². The zero-order valence-electron chi connectivity index (χ0n) is 23.1. The smallest absolute Gasteiger partial charge is 0.378 e. The monoisotopic (exact) mass is 569 g/mol. The summed E-state index contributed by atoms with van der Waals surface area (Å²) in [5, 5.41) is 0. The molecule has 41 heavy (non-hydrogen) atoms. The van der Waals surface area contributed by atoms with E-state index >= 15 is 0 Å². The lowest BCUT2D eigenvalue weighted by Gasteiger charge is -2.50. The van der Waals surface area contributed by atoms with Crippen molar-refractivity contribution in [2.24, 2.45) is 0 Å². The van der Waals surface area contributed by atoms with Gasteiger partial charge in [-0.3, -0.25) is 9.42 Å². The number of benzene rings is 3. The highest BCUT2D eigenvalue weighted by atomic mass is 31.2. The van der Waals surface area contributed by atoms with E-state index in [0.29, 0.717) is 13.1 Å². The van der Waals surface area contributed by atoms with Crippen molar-refractivity contribution in [3.63, 3.8) is 0 Å². The maximum absolute atomic E-state index is 14.0. The molecule has 210 valence electrons. The van der Waals surface area contributed by atoms with Gasteiger partial charge in [0, 0.05) is 25.3 Å². The summed E-state index contributed by atoms with van der Waals surface area (Å²) >= 11 is 0. The van der Waals surface area contributed by atoms with Crippen molar-refractivity contribution in [2.45, 2.75) is 17.6 Å². The molecule has 9 nitrogen and oxygen atoms in total. The molecule has 2 N–H and O–H groups in total. The van der Waals surface area contributed by atoms with Crippen molar-refractivity contribution in [1.29, 1.82) is 0 Å². The number of nitrogens with zero attached hydrogens (tertiary/aromatic N) is 4. The first-order valence-corrected chi connectivity index (χ1v) is 14.9. The SMILES string of the molecule is [B]C1CN(C(c2ccccc2)(c2ccccc2)c2ccccc2)CC(COP(=O)(N(C)C)n2ccc(N)nc2=O)O1. The topological polar surface area (TPSA) is 103 Å². The zero-order valence-corrected chi connectivity index (χ0v) is 24.0. The van der Waals surface area contributed by atoms with Crippen molar-refractivity contribution in [1.82, 2.24) is 18.9 Å². The van der Waals surface area contributed by atoms with E-state index in [1.54, 1.807) is 14.1 Å². The Balaban J connectivity index is 1.54. The summed E-state index contributed by atoms with van der Waals surface area (Å²) < 4.78 is 28.5. The standard InChI is InChI=1S/C30H33BN5O4P/c1-34(2)41(38,36-19-18-28(32)33-29(36)37)39-22-26-20-35(21-27(31)40-26)30(23-12-6-3-7-13-23,24-14-8-4-9-15-24)25-16-10-5-11-17-25/h3-19,26-27H,20-22H2,1-2H3,(H2,32,33,37). The fraction of sp³-hybridized carbons (Fsp3) is 0.267. The van der Waals surface area contributed by atoms with Gasteiger partial charge in [0.1, 0.15) is 13.7 Å². The second kappa shape index (κ2) is 12.1. The van der Waals surface area contributed by atoms with Gasteiger partial charge in [0.05, 0.1) is 18.2 Å². The molecule has 1 aliphatic rings. The van der Waals surface area contributed by atoms with Crippen LogP contribution in [0.15, 0.2) is 108 Å². The highest BCUT2D eigenvalue weighted by Crippen LogP contribution is 2.49. The van der Waals surface area contributed by atoms with Crippen molar-refractivity contribution < 1.29 is 13.8 Å². The Morgan fingerprint density at radius 3 is 1.93 bits per heavy atom. The van der Waals surface area contributed by atoms with Crippen LogP contribution in [0.2, 0.25) is 0 Å². The lowest BCUT2D eigenvalue weighted by atomic mass is 9.74. The minimum absolute atomic E-state index is 0.0351. The van der Waals surface area contributed by atoms with Crippen LogP contribution in [0.3, 0.4) is 0 Å². The Bertz CT molecular complexity index is 1460. The van der Waals surface area contributed by atoms with Crippen LogP contribution in [0.25, 0.3) is 0 Å². The van der Waals surface area contributed by atoms with Crippen molar-refractivity contribution in [2.75, 3.05) is 39.5 Å². The highest BCUT2D eigenvalue weighted by Gasteiger charge is 2.45. The molecule has 1 aromatic heterocycles. The lowest BCUT2D eigenvalue weighted by molar-refractivity contribution is -0.0875. The molecule has 0 spiro atoms. The molecule has 5 rings (SSSR count). The number of hydrogen-bond acceptors (Lipinski definition) is 7. The van der Waals surface area contributed by atoms with Gasteiger partial charge >= 0.3 is 13.4 Å². The van der Waals surface area contributed by atoms with Crippen LogP contribution in [0, 0.1) is 0 Å². The van der Waals surface area contributed by atoms with Crippen LogP contribution in [0.5, 0.6) is 0 Å². The molecule has 0 aliphatic carbocycles. The molecule has 4 aromatic rings. The minimum Gasteiger partial charge on any atom is -0.383 e. The van der Waals surface area contributed by atoms with Crippen LogP contribution in [0.4, 0.5) is 5.82 Å². The molecule has 3 atom stereocenters. The largest absolute Gasteiger partial charge is 0.383 e. The van der Waals surface area contributed by atoms with Crippen LogP contribution in [0.1, 0.15) is 16.7 Å². The van der Waals surface area contributed by atoms with Gasteiger partial charge in [0.2, 0.25) is 0 Å². The van der Waals surface area contributed by atoms with E-state index in [9.17, 15) is 9.36 Å². The van der Waals surface area contributed by atoms with Gasteiger partial charge in [-0.25, -0.2) is 18.4 Å². The number of nitrogen functional groups attached to an aromatic ring is 1. The molecule has 2 heterocycles. The second-order valence-electron chi connectivity index (χ2n) is 10.1. The van der Waals surface area contributed by atoms with E-state index in [1.807, 2.05) is 54.6 Å². The molecular formula is C30H33BN5O4P. The Labute approximate surface area is 241 Å². The molecule has 1 saturated heterocycles. The first-order chi connectivity index (χ1) is 19.7. The third kappa shape index (κ3) is 5.67. The Morgan fingerprint density at radius 2 is 1.46 bits per heavy atom. The van der Waals surface area contributed by atoms with E-state index < -0.39 is 31.0 Å². The van der Waals surface area contributed by atoms with Crippen LogP contribution in [-0.2, 0) is 19.4 Å². The average Bonchev–Trinajstić information content (AvgIpc) is 2.98. The van der Waals surface area contributed by atoms with Gasteiger partial charge < -0.3 is 10.5 Å². The molecule has 1 fully saturated rings. The molecule has 0 saturated carbocycles. The Morgan fingerprint density at radius 1 is 0.951 bits per heavy atom. The molecular weight excluding hydrogens is 536 g/mol. The fourth-order valence-corrected chi connectivity index (χ4v) is 7.07. The summed E-state index contributed by atoms with van der Waals surface area (Å²) in [7, 11) is 5.83. The number of ether oxygens (including phenoxy) is 1. The van der Waals surface area contributed by atoms with Gasteiger partial charge in [0.25, 0.3) is 0 Å². The number of anilines is 1. The lowest BCUT2D eigenvalue weighted by Crippen LogP contribution is -2.58. The van der Waals surface area contributed by atoms with Gasteiger partial charge in [-0.2, -0.15) is 4.98 Å². The number of morpholine rings is 1. The predicted octanol–water partition coefficient (Wildman–Crippen LogP) is 3.55. The quantitative estimate of drug-likeness (QED) is 0.186. The molecule has 2 radical (unpaired) electrons. The Kier molecular flexibility index (Phi) is 8.59.